The Labute approximate surface area is 179 Å². The zero-order valence-corrected chi connectivity index (χ0v) is 17.2. The molecule has 2 heterocycles. The van der Waals surface area contributed by atoms with Crippen molar-refractivity contribution >= 4 is 5.69 Å². The second-order valence-electron chi connectivity index (χ2n) is 7.85. The van der Waals surface area contributed by atoms with Gasteiger partial charge in [0.15, 0.2) is 11.6 Å². The molecular formula is C24H24F3N3O. The maximum Gasteiger partial charge on any atom is 0.159 e. The van der Waals surface area contributed by atoms with Crippen LogP contribution >= 0.6 is 0 Å². The maximum atomic E-state index is 14.8. The minimum atomic E-state index is -1.04. The average Bonchev–Trinajstić information content (AvgIpc) is 2.77. The molecule has 0 amide bonds. The number of hydrogen-bond acceptors (Lipinski definition) is 4. The van der Waals surface area contributed by atoms with Gasteiger partial charge in [-0.3, -0.25) is 9.88 Å². The van der Waals surface area contributed by atoms with E-state index in [1.54, 1.807) is 30.5 Å². The molecule has 0 aliphatic carbocycles. The van der Waals surface area contributed by atoms with Crippen LogP contribution in [0.15, 0.2) is 54.7 Å². The number of para-hydroxylation sites is 1. The molecule has 1 N–H and O–H groups in total. The summed E-state index contributed by atoms with van der Waals surface area (Å²) in [6.45, 7) is 4.76. The van der Waals surface area contributed by atoms with Crippen molar-refractivity contribution in [1.29, 1.82) is 0 Å². The summed E-state index contributed by atoms with van der Waals surface area (Å²) in [7, 11) is 0. The molecule has 31 heavy (non-hydrogen) atoms. The second kappa shape index (κ2) is 9.08. The van der Waals surface area contributed by atoms with Gasteiger partial charge < -0.3 is 10.0 Å². The quantitative estimate of drug-likeness (QED) is 0.662. The van der Waals surface area contributed by atoms with Crippen molar-refractivity contribution in [2.45, 2.75) is 19.6 Å². The van der Waals surface area contributed by atoms with Crippen LogP contribution in [-0.2, 0) is 6.54 Å². The number of benzene rings is 2. The Hall–Kier alpha value is -2.90. The molecule has 1 aliphatic rings. The average molecular weight is 427 g/mol. The largest absolute Gasteiger partial charge is 0.382 e. The number of pyridine rings is 1. The number of rotatable bonds is 5. The summed E-state index contributed by atoms with van der Waals surface area (Å²) >= 11 is 0. The topological polar surface area (TPSA) is 39.6 Å². The lowest BCUT2D eigenvalue weighted by Crippen LogP contribution is -2.46. The number of nitrogens with zero attached hydrogens (tertiary/aromatic N) is 3. The normalized spacial score (nSPS) is 15.8. The van der Waals surface area contributed by atoms with E-state index in [4.69, 9.17) is 0 Å². The third kappa shape index (κ3) is 4.73. The lowest BCUT2D eigenvalue weighted by atomic mass is 10.0. The third-order valence-corrected chi connectivity index (χ3v) is 5.61. The van der Waals surface area contributed by atoms with Crippen LogP contribution in [0.5, 0.6) is 0 Å². The summed E-state index contributed by atoms with van der Waals surface area (Å²) < 4.78 is 41.5. The Morgan fingerprint density at radius 3 is 2.39 bits per heavy atom. The fraction of sp³-hybridized carbons (Fsp3) is 0.292. The van der Waals surface area contributed by atoms with Crippen LogP contribution < -0.4 is 4.90 Å². The number of aromatic nitrogens is 1. The van der Waals surface area contributed by atoms with E-state index >= 15 is 0 Å². The highest BCUT2D eigenvalue weighted by Gasteiger charge is 2.26. The summed E-state index contributed by atoms with van der Waals surface area (Å²) in [6.07, 6.45) is 0.640. The highest BCUT2D eigenvalue weighted by molar-refractivity contribution is 5.57. The van der Waals surface area contributed by atoms with Gasteiger partial charge >= 0.3 is 0 Å². The third-order valence-electron chi connectivity index (χ3n) is 5.61. The van der Waals surface area contributed by atoms with Gasteiger partial charge in [0, 0.05) is 44.5 Å². The molecule has 1 fully saturated rings. The Morgan fingerprint density at radius 2 is 1.71 bits per heavy atom. The number of aryl methyl sites for hydroxylation is 1. The predicted octanol–water partition coefficient (Wildman–Crippen LogP) is 4.21. The number of halogens is 3. The second-order valence-corrected chi connectivity index (χ2v) is 7.85. The van der Waals surface area contributed by atoms with E-state index in [2.05, 4.69) is 9.88 Å². The number of piperazine rings is 1. The van der Waals surface area contributed by atoms with Gasteiger partial charge in [0.2, 0.25) is 0 Å². The van der Waals surface area contributed by atoms with E-state index in [0.717, 1.165) is 11.6 Å². The fourth-order valence-electron chi connectivity index (χ4n) is 3.91. The van der Waals surface area contributed by atoms with Crippen LogP contribution in [0.3, 0.4) is 0 Å². The summed E-state index contributed by atoms with van der Waals surface area (Å²) in [6, 6.07) is 12.2. The molecule has 1 atom stereocenters. The molecule has 4 rings (SSSR count). The molecule has 162 valence electrons. The zero-order valence-electron chi connectivity index (χ0n) is 17.2. The van der Waals surface area contributed by atoms with Gasteiger partial charge in [0.05, 0.1) is 11.4 Å². The highest BCUT2D eigenvalue weighted by atomic mass is 19.2. The Balaban J connectivity index is 1.49. The Morgan fingerprint density at radius 1 is 0.935 bits per heavy atom. The molecule has 1 aromatic heterocycles. The minimum absolute atomic E-state index is 0.379. The zero-order chi connectivity index (χ0) is 22.0. The van der Waals surface area contributed by atoms with E-state index in [1.165, 1.54) is 12.1 Å². The number of hydrogen-bond donors (Lipinski definition) is 1. The van der Waals surface area contributed by atoms with Gasteiger partial charge in [-0.15, -0.1) is 0 Å². The summed E-state index contributed by atoms with van der Waals surface area (Å²) in [4.78, 5) is 8.32. The molecule has 0 saturated carbocycles. The molecule has 1 aliphatic heterocycles. The van der Waals surface area contributed by atoms with Crippen LogP contribution in [0.4, 0.5) is 18.9 Å². The molecule has 0 bridgehead atoms. The molecule has 4 nitrogen and oxygen atoms in total. The standard InChI is InChI=1S/C24H24F3N3O/c1-16-5-8-22(28-14-16)24(31)18-3-2-4-20(26)23(18)30-11-9-29(10-12-30)15-17-6-7-19(25)21(27)13-17/h2-8,13-14,24,31H,9-12,15H2,1H3. The Kier molecular flexibility index (Phi) is 6.25. The van der Waals surface area contributed by atoms with Crippen LogP contribution in [0.1, 0.15) is 28.5 Å². The summed E-state index contributed by atoms with van der Waals surface area (Å²) in [5, 5.41) is 10.9. The monoisotopic (exact) mass is 427 g/mol. The van der Waals surface area contributed by atoms with Crippen molar-refractivity contribution in [2.75, 3.05) is 31.1 Å². The van der Waals surface area contributed by atoms with E-state index in [9.17, 15) is 18.3 Å². The van der Waals surface area contributed by atoms with Crippen LogP contribution in [0.25, 0.3) is 0 Å². The van der Waals surface area contributed by atoms with Gasteiger partial charge in [-0.05, 0) is 42.3 Å². The van der Waals surface area contributed by atoms with Crippen molar-refractivity contribution in [3.8, 4) is 0 Å². The van der Waals surface area contributed by atoms with E-state index in [-0.39, 0.29) is 0 Å². The molecule has 0 spiro atoms. The fourth-order valence-corrected chi connectivity index (χ4v) is 3.91. The van der Waals surface area contributed by atoms with Crippen LogP contribution in [0.2, 0.25) is 0 Å². The van der Waals surface area contributed by atoms with Crippen LogP contribution in [-0.4, -0.2) is 41.2 Å². The number of aliphatic hydroxyl groups excluding tert-OH is 1. The molecule has 7 heteroatoms. The molecule has 0 radical (unpaired) electrons. The van der Waals surface area contributed by atoms with Gasteiger partial charge in [-0.2, -0.15) is 0 Å². The van der Waals surface area contributed by atoms with Gasteiger partial charge in [0.1, 0.15) is 11.9 Å². The van der Waals surface area contributed by atoms with Crippen molar-refractivity contribution in [3.05, 3.63) is 94.6 Å². The smallest absolute Gasteiger partial charge is 0.159 e. The minimum Gasteiger partial charge on any atom is -0.382 e. The van der Waals surface area contributed by atoms with Gasteiger partial charge in [0.25, 0.3) is 0 Å². The maximum absolute atomic E-state index is 14.8. The Bertz CT molecular complexity index is 1050. The molecule has 1 unspecified atom stereocenters. The summed E-state index contributed by atoms with van der Waals surface area (Å²) in [5.41, 5.74) is 3.00. The van der Waals surface area contributed by atoms with E-state index in [0.29, 0.717) is 55.2 Å². The van der Waals surface area contributed by atoms with E-state index < -0.39 is 23.6 Å². The number of aliphatic hydroxyl groups is 1. The van der Waals surface area contributed by atoms with Crippen molar-refractivity contribution in [1.82, 2.24) is 9.88 Å². The van der Waals surface area contributed by atoms with E-state index in [1.807, 2.05) is 17.9 Å². The summed E-state index contributed by atoms with van der Waals surface area (Å²) in [5.74, 6) is -2.11. The van der Waals surface area contributed by atoms with Crippen molar-refractivity contribution in [2.24, 2.45) is 0 Å². The molecule has 1 saturated heterocycles. The first-order chi connectivity index (χ1) is 14.9. The highest BCUT2D eigenvalue weighted by Crippen LogP contribution is 2.33. The predicted molar refractivity (Wildman–Crippen MR) is 113 cm³/mol. The molecule has 3 aromatic rings. The lowest BCUT2D eigenvalue weighted by Gasteiger charge is -2.37. The SMILES string of the molecule is Cc1ccc(C(O)c2cccc(F)c2N2CCN(Cc3ccc(F)c(F)c3)CC2)nc1. The molecular weight excluding hydrogens is 403 g/mol. The molecule has 2 aromatic carbocycles. The first-order valence-corrected chi connectivity index (χ1v) is 10.2. The van der Waals surface area contributed by atoms with Crippen molar-refractivity contribution in [3.63, 3.8) is 0 Å². The number of anilines is 1. The first-order valence-electron chi connectivity index (χ1n) is 10.2. The van der Waals surface area contributed by atoms with Crippen LogP contribution in [0, 0.1) is 24.4 Å². The lowest BCUT2D eigenvalue weighted by molar-refractivity contribution is 0.213. The van der Waals surface area contributed by atoms with Gasteiger partial charge in [-0.25, -0.2) is 13.2 Å². The van der Waals surface area contributed by atoms with Gasteiger partial charge in [-0.1, -0.05) is 24.3 Å². The first kappa shape index (κ1) is 21.3. The van der Waals surface area contributed by atoms with Crippen molar-refractivity contribution < 1.29 is 18.3 Å².